The van der Waals surface area contributed by atoms with Crippen molar-refractivity contribution in [3.63, 3.8) is 0 Å². The molecule has 0 aromatic rings. The predicted octanol–water partition coefficient (Wildman–Crippen LogP) is 3.69. The van der Waals surface area contributed by atoms with E-state index in [2.05, 4.69) is 6.92 Å². The Morgan fingerprint density at radius 1 is 1.00 bits per heavy atom. The summed E-state index contributed by atoms with van der Waals surface area (Å²) >= 11 is 5.72. The Morgan fingerprint density at radius 2 is 1.47 bits per heavy atom. The number of hydrogen-bond acceptors (Lipinski definition) is 3. The third-order valence-corrected chi connectivity index (χ3v) is 6.17. The number of halogens is 1. The highest BCUT2D eigenvalue weighted by atomic mass is 35.5. The van der Waals surface area contributed by atoms with Gasteiger partial charge in [-0.05, 0) is 39.5 Å². The molecule has 0 aliphatic rings. The molecule has 0 aromatic heterocycles. The molecular formula is C12H27ClO3Si. The zero-order valence-corrected chi connectivity index (χ0v) is 13.4. The van der Waals surface area contributed by atoms with Gasteiger partial charge in [-0.1, -0.05) is 6.92 Å². The van der Waals surface area contributed by atoms with Gasteiger partial charge in [-0.2, -0.15) is 0 Å². The minimum absolute atomic E-state index is 0.532. The van der Waals surface area contributed by atoms with Crippen molar-refractivity contribution < 1.29 is 13.3 Å². The normalized spacial score (nSPS) is 13.9. The minimum Gasteiger partial charge on any atom is -0.374 e. The van der Waals surface area contributed by atoms with Gasteiger partial charge in [0.15, 0.2) is 0 Å². The Balaban J connectivity index is 4.40. The second-order valence-electron chi connectivity index (χ2n) is 4.12. The van der Waals surface area contributed by atoms with Crippen LogP contribution in [0.1, 0.15) is 40.5 Å². The molecule has 0 radical (unpaired) electrons. The van der Waals surface area contributed by atoms with Crippen molar-refractivity contribution in [1.29, 1.82) is 0 Å². The maximum Gasteiger partial charge on any atom is 0.501 e. The van der Waals surface area contributed by atoms with E-state index in [0.29, 0.717) is 25.7 Å². The van der Waals surface area contributed by atoms with Crippen LogP contribution in [0.4, 0.5) is 0 Å². The van der Waals surface area contributed by atoms with Crippen LogP contribution in [-0.4, -0.2) is 34.5 Å². The first-order valence-corrected chi connectivity index (χ1v) is 9.08. The molecule has 0 spiro atoms. The van der Waals surface area contributed by atoms with Gasteiger partial charge in [-0.25, -0.2) is 0 Å². The van der Waals surface area contributed by atoms with Crippen LogP contribution in [0, 0.1) is 5.92 Å². The van der Waals surface area contributed by atoms with Gasteiger partial charge >= 0.3 is 8.80 Å². The van der Waals surface area contributed by atoms with Crippen molar-refractivity contribution in [2.75, 3.05) is 25.7 Å². The van der Waals surface area contributed by atoms with Gasteiger partial charge < -0.3 is 13.3 Å². The maximum atomic E-state index is 5.82. The summed E-state index contributed by atoms with van der Waals surface area (Å²) in [6, 6.07) is 0.888. The molecule has 0 amide bonds. The van der Waals surface area contributed by atoms with Crippen molar-refractivity contribution in [3.05, 3.63) is 0 Å². The summed E-state index contributed by atoms with van der Waals surface area (Å²) in [5.41, 5.74) is 0. The van der Waals surface area contributed by atoms with E-state index in [9.17, 15) is 0 Å². The zero-order valence-electron chi connectivity index (χ0n) is 11.6. The topological polar surface area (TPSA) is 27.7 Å². The monoisotopic (exact) mass is 282 g/mol. The lowest BCUT2D eigenvalue weighted by atomic mass is 10.1. The highest BCUT2D eigenvalue weighted by Gasteiger charge is 2.41. The Bertz CT molecular complexity index is 164. The Kier molecular flexibility index (Phi) is 10.6. The average molecular weight is 283 g/mol. The van der Waals surface area contributed by atoms with Crippen molar-refractivity contribution in [3.8, 4) is 0 Å². The lowest BCUT2D eigenvalue weighted by molar-refractivity contribution is 0.0673. The summed E-state index contributed by atoms with van der Waals surface area (Å²) in [6.07, 6.45) is 2.14. The van der Waals surface area contributed by atoms with Gasteiger partial charge in [-0.3, -0.25) is 0 Å². The average Bonchev–Trinajstić information content (AvgIpc) is 2.27. The number of hydrogen-bond donors (Lipinski definition) is 0. The molecule has 5 heteroatoms. The quantitative estimate of drug-likeness (QED) is 0.427. The fraction of sp³-hybridized carbons (Fsp3) is 1.00. The third-order valence-electron chi connectivity index (χ3n) is 2.52. The minimum atomic E-state index is -2.45. The van der Waals surface area contributed by atoms with E-state index in [1.54, 1.807) is 0 Å². The highest BCUT2D eigenvalue weighted by Crippen LogP contribution is 2.24. The molecule has 0 aromatic carbocycles. The first-order valence-electron chi connectivity index (χ1n) is 6.61. The van der Waals surface area contributed by atoms with Crippen LogP contribution >= 0.6 is 11.6 Å². The van der Waals surface area contributed by atoms with E-state index < -0.39 is 8.80 Å². The Labute approximate surface area is 112 Å². The van der Waals surface area contributed by atoms with Gasteiger partial charge in [-0.15, -0.1) is 11.6 Å². The van der Waals surface area contributed by atoms with Crippen LogP contribution < -0.4 is 0 Å². The molecule has 104 valence electrons. The van der Waals surface area contributed by atoms with Gasteiger partial charge in [0.05, 0.1) is 0 Å². The molecule has 1 atom stereocenters. The number of rotatable bonds is 11. The largest absolute Gasteiger partial charge is 0.501 e. The van der Waals surface area contributed by atoms with Crippen molar-refractivity contribution in [2.24, 2.45) is 5.92 Å². The molecule has 0 aliphatic carbocycles. The second-order valence-corrected chi connectivity index (χ2v) is 7.14. The van der Waals surface area contributed by atoms with Crippen LogP contribution in [0.2, 0.25) is 6.04 Å². The van der Waals surface area contributed by atoms with Gasteiger partial charge in [0.25, 0.3) is 0 Å². The van der Waals surface area contributed by atoms with Gasteiger partial charge in [0, 0.05) is 31.7 Å². The molecular weight excluding hydrogens is 256 g/mol. The molecule has 0 N–H and O–H groups in total. The fourth-order valence-corrected chi connectivity index (χ4v) is 5.05. The summed E-state index contributed by atoms with van der Waals surface area (Å²) in [4.78, 5) is 0. The van der Waals surface area contributed by atoms with Crippen molar-refractivity contribution in [1.82, 2.24) is 0 Å². The summed E-state index contributed by atoms with van der Waals surface area (Å²) in [7, 11) is -2.45. The van der Waals surface area contributed by atoms with Crippen LogP contribution in [0.15, 0.2) is 0 Å². The van der Waals surface area contributed by atoms with Crippen LogP contribution in [0.25, 0.3) is 0 Å². The van der Waals surface area contributed by atoms with Crippen molar-refractivity contribution >= 4 is 20.4 Å². The van der Waals surface area contributed by atoms with E-state index in [1.165, 1.54) is 0 Å². The Hall–Kier alpha value is 0.387. The molecule has 0 saturated heterocycles. The van der Waals surface area contributed by atoms with Crippen LogP contribution in [-0.2, 0) is 13.3 Å². The van der Waals surface area contributed by atoms with Crippen molar-refractivity contribution in [2.45, 2.75) is 46.6 Å². The lowest BCUT2D eigenvalue weighted by Crippen LogP contribution is -2.47. The van der Waals surface area contributed by atoms with Gasteiger partial charge in [0.2, 0.25) is 0 Å². The SMILES string of the molecule is CCO[Si](CC(C)CCCCl)(OCC)OCC. The molecule has 3 nitrogen and oxygen atoms in total. The fourth-order valence-electron chi connectivity index (χ4n) is 1.92. The lowest BCUT2D eigenvalue weighted by Gasteiger charge is -2.30. The van der Waals surface area contributed by atoms with Crippen LogP contribution in [0.3, 0.4) is 0 Å². The van der Waals surface area contributed by atoms with E-state index in [4.69, 9.17) is 24.9 Å². The molecule has 0 aliphatic heterocycles. The van der Waals surface area contributed by atoms with E-state index in [0.717, 1.165) is 24.8 Å². The van der Waals surface area contributed by atoms with Gasteiger partial charge in [0.1, 0.15) is 0 Å². The number of alkyl halides is 1. The maximum absolute atomic E-state index is 5.82. The molecule has 1 unspecified atom stereocenters. The van der Waals surface area contributed by atoms with E-state index in [1.807, 2.05) is 20.8 Å². The summed E-state index contributed by atoms with van der Waals surface area (Å²) in [5.74, 6) is 1.25. The smallest absolute Gasteiger partial charge is 0.374 e. The molecule has 0 fully saturated rings. The Morgan fingerprint density at radius 3 is 1.82 bits per heavy atom. The predicted molar refractivity (Wildman–Crippen MR) is 74.6 cm³/mol. The second kappa shape index (κ2) is 10.3. The summed E-state index contributed by atoms with van der Waals surface area (Å²) in [6.45, 7) is 10.1. The standard InChI is InChI=1S/C12H27ClO3Si/c1-5-14-17(15-6-2,16-7-3)11-12(4)9-8-10-13/h12H,5-11H2,1-4H3. The molecule has 0 bridgehead atoms. The van der Waals surface area contributed by atoms with Crippen LogP contribution in [0.5, 0.6) is 0 Å². The summed E-state index contributed by atoms with van der Waals surface area (Å²) < 4.78 is 17.5. The zero-order chi connectivity index (χ0) is 13.1. The highest BCUT2D eigenvalue weighted by molar-refractivity contribution is 6.60. The molecule has 17 heavy (non-hydrogen) atoms. The summed E-state index contributed by atoms with van der Waals surface area (Å²) in [5, 5.41) is 0. The molecule has 0 rings (SSSR count). The molecule has 0 heterocycles. The first-order chi connectivity index (χ1) is 8.14. The third kappa shape index (κ3) is 7.42. The van der Waals surface area contributed by atoms with E-state index in [-0.39, 0.29) is 0 Å². The van der Waals surface area contributed by atoms with E-state index >= 15 is 0 Å². The molecule has 0 saturated carbocycles. The first kappa shape index (κ1) is 17.4.